The topological polar surface area (TPSA) is 98.6 Å². The fraction of sp³-hybridized carbons (Fsp3) is 0.300. The van der Waals surface area contributed by atoms with Crippen molar-refractivity contribution in [3.8, 4) is 11.5 Å². The average molecular weight is 448 g/mol. The molecule has 28 heavy (non-hydrogen) atoms. The number of rotatable bonds is 4. The number of benzene rings is 2. The summed E-state index contributed by atoms with van der Waals surface area (Å²) < 4.78 is 1.83. The molecule has 1 saturated heterocycles. The highest BCUT2D eigenvalue weighted by atomic mass is 79.9. The van der Waals surface area contributed by atoms with Crippen LogP contribution < -0.4 is 5.69 Å². The number of piperidine rings is 1. The van der Waals surface area contributed by atoms with Crippen molar-refractivity contribution in [2.75, 3.05) is 19.6 Å². The highest BCUT2D eigenvalue weighted by Crippen LogP contribution is 2.27. The zero-order chi connectivity index (χ0) is 19.0. The number of aromatic hydroxyl groups is 2. The third kappa shape index (κ3) is 3.83. The zero-order valence-corrected chi connectivity index (χ0v) is 16.9. The van der Waals surface area contributed by atoms with Crippen molar-refractivity contribution in [3.05, 3.63) is 58.5 Å². The normalized spacial score (nSPS) is 15.4. The maximum atomic E-state index is 12.4. The van der Waals surface area contributed by atoms with Gasteiger partial charge in [-0.15, -0.1) is 17.0 Å². The number of para-hydroxylation sites is 2. The van der Waals surface area contributed by atoms with Crippen LogP contribution in [0.25, 0.3) is 11.0 Å². The summed E-state index contributed by atoms with van der Waals surface area (Å²) in [5, 5.41) is 18.9. The standard InChI is InChI=1S/C20H21N3O4.BrH/c24-17-6-5-13(11-18(17)25)19(26)12-22-9-7-14(8-10-22)23-16-4-2-1-3-15(16)21-20(23)27;/h1-6,11,14,24-25H,7-10,12H2,(H,21,27);1H. The molecule has 0 unspecified atom stereocenters. The zero-order valence-electron chi connectivity index (χ0n) is 15.2. The SMILES string of the molecule is Br.O=C(CN1CCC(n2c(=O)[nH]c3ccccc32)CC1)c1ccc(O)c(O)c1. The van der Waals surface area contributed by atoms with Crippen molar-refractivity contribution in [2.24, 2.45) is 0 Å². The molecule has 0 radical (unpaired) electrons. The predicted octanol–water partition coefficient (Wildman–Crippen LogP) is 2.84. The quantitative estimate of drug-likeness (QED) is 0.421. The van der Waals surface area contributed by atoms with Crippen LogP contribution >= 0.6 is 17.0 Å². The number of imidazole rings is 1. The number of hydrogen-bond acceptors (Lipinski definition) is 5. The number of H-pyrrole nitrogens is 1. The number of hydrogen-bond donors (Lipinski definition) is 3. The van der Waals surface area contributed by atoms with Gasteiger partial charge in [-0.05, 0) is 43.2 Å². The first-order valence-corrected chi connectivity index (χ1v) is 8.99. The smallest absolute Gasteiger partial charge is 0.326 e. The van der Waals surface area contributed by atoms with Crippen LogP contribution in [0, 0.1) is 0 Å². The Morgan fingerprint density at radius 3 is 2.50 bits per heavy atom. The molecule has 4 rings (SSSR count). The second-order valence-electron chi connectivity index (χ2n) is 6.95. The third-order valence-electron chi connectivity index (χ3n) is 5.21. The number of phenols is 2. The van der Waals surface area contributed by atoms with E-state index in [1.165, 1.54) is 18.2 Å². The lowest BCUT2D eigenvalue weighted by atomic mass is 10.0. The van der Waals surface area contributed by atoms with Gasteiger partial charge in [0.25, 0.3) is 0 Å². The summed E-state index contributed by atoms with van der Waals surface area (Å²) in [6.07, 6.45) is 1.58. The molecular formula is C20H22BrN3O4. The Morgan fingerprint density at radius 1 is 1.07 bits per heavy atom. The Bertz CT molecular complexity index is 1050. The van der Waals surface area contributed by atoms with Gasteiger partial charge in [-0.25, -0.2) is 4.79 Å². The third-order valence-corrected chi connectivity index (χ3v) is 5.21. The van der Waals surface area contributed by atoms with Crippen LogP contribution in [0.4, 0.5) is 0 Å². The Morgan fingerprint density at radius 2 is 1.79 bits per heavy atom. The highest BCUT2D eigenvalue weighted by molar-refractivity contribution is 8.93. The number of halogens is 1. The molecule has 0 spiro atoms. The molecule has 1 fully saturated rings. The molecular weight excluding hydrogens is 426 g/mol. The van der Waals surface area contributed by atoms with Gasteiger partial charge in [0.2, 0.25) is 0 Å². The first-order chi connectivity index (χ1) is 13.0. The van der Waals surface area contributed by atoms with Gasteiger partial charge in [-0.1, -0.05) is 12.1 Å². The summed E-state index contributed by atoms with van der Waals surface area (Å²) in [6.45, 7) is 1.68. The van der Waals surface area contributed by atoms with Crippen LogP contribution in [0.15, 0.2) is 47.3 Å². The number of fused-ring (bicyclic) bond motifs is 1. The van der Waals surface area contributed by atoms with Crippen molar-refractivity contribution < 1.29 is 15.0 Å². The van der Waals surface area contributed by atoms with E-state index in [0.29, 0.717) is 18.7 Å². The molecule has 1 aliphatic rings. The van der Waals surface area contributed by atoms with Crippen LogP contribution in [0.2, 0.25) is 0 Å². The lowest BCUT2D eigenvalue weighted by Gasteiger charge is -2.32. The van der Waals surface area contributed by atoms with Gasteiger partial charge >= 0.3 is 5.69 Å². The number of Topliss-reactive ketones (excluding diaryl/α,β-unsaturated/α-hetero) is 1. The van der Waals surface area contributed by atoms with E-state index in [0.717, 1.165) is 23.9 Å². The molecule has 2 heterocycles. The molecule has 148 valence electrons. The fourth-order valence-electron chi connectivity index (χ4n) is 3.76. The molecule has 0 saturated carbocycles. The van der Waals surface area contributed by atoms with Crippen LogP contribution in [0.5, 0.6) is 11.5 Å². The minimum absolute atomic E-state index is 0. The summed E-state index contributed by atoms with van der Waals surface area (Å²) in [7, 11) is 0. The largest absolute Gasteiger partial charge is 0.504 e. The van der Waals surface area contributed by atoms with Gasteiger partial charge in [-0.2, -0.15) is 0 Å². The van der Waals surface area contributed by atoms with E-state index in [1.54, 1.807) is 0 Å². The van der Waals surface area contributed by atoms with Gasteiger partial charge < -0.3 is 15.2 Å². The number of aromatic amines is 1. The van der Waals surface area contributed by atoms with Crippen molar-refractivity contribution in [3.63, 3.8) is 0 Å². The lowest BCUT2D eigenvalue weighted by molar-refractivity contribution is 0.0897. The Labute approximate surface area is 172 Å². The van der Waals surface area contributed by atoms with Crippen molar-refractivity contribution in [1.82, 2.24) is 14.5 Å². The van der Waals surface area contributed by atoms with Crippen molar-refractivity contribution >= 4 is 33.8 Å². The van der Waals surface area contributed by atoms with E-state index < -0.39 is 0 Å². The first kappa shape index (κ1) is 20.2. The van der Waals surface area contributed by atoms with E-state index in [-0.39, 0.29) is 52.5 Å². The molecule has 3 aromatic rings. The number of phenolic OH excluding ortho intramolecular Hbond substituents is 2. The molecule has 7 nitrogen and oxygen atoms in total. The van der Waals surface area contributed by atoms with Crippen molar-refractivity contribution in [1.29, 1.82) is 0 Å². The van der Waals surface area contributed by atoms with Gasteiger partial charge in [-0.3, -0.25) is 14.3 Å². The molecule has 1 aromatic heterocycles. The molecule has 1 aliphatic heterocycles. The minimum atomic E-state index is -0.293. The summed E-state index contributed by atoms with van der Waals surface area (Å²) in [5.41, 5.74) is 2.04. The van der Waals surface area contributed by atoms with E-state index in [1.807, 2.05) is 28.8 Å². The van der Waals surface area contributed by atoms with Crippen LogP contribution in [-0.2, 0) is 0 Å². The van der Waals surface area contributed by atoms with Gasteiger partial charge in [0.05, 0.1) is 17.6 Å². The van der Waals surface area contributed by atoms with Crippen LogP contribution in [0.3, 0.4) is 0 Å². The molecule has 0 atom stereocenters. The second kappa shape index (κ2) is 8.20. The number of ketones is 1. The number of carbonyl (C=O) groups is 1. The highest BCUT2D eigenvalue weighted by Gasteiger charge is 2.25. The molecule has 8 heteroatoms. The fourth-order valence-corrected chi connectivity index (χ4v) is 3.76. The predicted molar refractivity (Wildman–Crippen MR) is 112 cm³/mol. The summed E-state index contributed by atoms with van der Waals surface area (Å²) in [4.78, 5) is 29.7. The molecule has 3 N–H and O–H groups in total. The molecule has 0 aliphatic carbocycles. The second-order valence-corrected chi connectivity index (χ2v) is 6.95. The Hall–Kier alpha value is -2.58. The summed E-state index contributed by atoms with van der Waals surface area (Å²) in [6, 6.07) is 11.9. The first-order valence-electron chi connectivity index (χ1n) is 8.99. The summed E-state index contributed by atoms with van der Waals surface area (Å²) >= 11 is 0. The van der Waals surface area contributed by atoms with Gasteiger partial charge in [0, 0.05) is 24.7 Å². The van der Waals surface area contributed by atoms with Gasteiger partial charge in [0.15, 0.2) is 17.3 Å². The number of likely N-dealkylation sites (tertiary alicyclic amines) is 1. The van der Waals surface area contributed by atoms with E-state index >= 15 is 0 Å². The van der Waals surface area contributed by atoms with Crippen LogP contribution in [0.1, 0.15) is 29.2 Å². The minimum Gasteiger partial charge on any atom is -0.504 e. The van der Waals surface area contributed by atoms with Gasteiger partial charge in [0.1, 0.15) is 0 Å². The van der Waals surface area contributed by atoms with Crippen molar-refractivity contribution in [2.45, 2.75) is 18.9 Å². The van der Waals surface area contributed by atoms with E-state index in [2.05, 4.69) is 9.88 Å². The number of nitrogens with one attached hydrogen (secondary N) is 1. The Balaban J connectivity index is 0.00000225. The number of aromatic nitrogens is 2. The van der Waals surface area contributed by atoms with E-state index in [9.17, 15) is 19.8 Å². The molecule has 2 aromatic carbocycles. The monoisotopic (exact) mass is 447 g/mol. The Kier molecular flexibility index (Phi) is 5.90. The number of nitrogens with zero attached hydrogens (tertiary/aromatic N) is 2. The summed E-state index contributed by atoms with van der Waals surface area (Å²) in [5.74, 6) is -0.636. The molecule has 0 amide bonds. The average Bonchev–Trinajstić information content (AvgIpc) is 3.00. The molecule has 0 bridgehead atoms. The maximum Gasteiger partial charge on any atom is 0.326 e. The van der Waals surface area contributed by atoms with Crippen LogP contribution in [-0.4, -0.2) is 50.1 Å². The number of carbonyl (C=O) groups excluding carboxylic acids is 1. The lowest BCUT2D eigenvalue weighted by Crippen LogP contribution is -2.39. The van der Waals surface area contributed by atoms with E-state index in [4.69, 9.17) is 0 Å². The maximum absolute atomic E-state index is 12.4.